The summed E-state index contributed by atoms with van der Waals surface area (Å²) >= 11 is 0. The Labute approximate surface area is 112 Å². The molecule has 0 aliphatic carbocycles. The van der Waals surface area contributed by atoms with Crippen LogP contribution in [-0.4, -0.2) is 35.1 Å². The van der Waals surface area contributed by atoms with Gasteiger partial charge in [0.1, 0.15) is 6.07 Å². The van der Waals surface area contributed by atoms with E-state index >= 15 is 0 Å². The topological polar surface area (TPSA) is 40.7 Å². The third-order valence-electron chi connectivity index (χ3n) is 3.59. The van der Waals surface area contributed by atoms with Crippen molar-refractivity contribution in [3.63, 3.8) is 0 Å². The first-order chi connectivity index (χ1) is 9.28. The number of morpholine rings is 1. The van der Waals surface area contributed by atoms with E-state index in [0.29, 0.717) is 0 Å². The van der Waals surface area contributed by atoms with Crippen LogP contribution >= 0.6 is 0 Å². The van der Waals surface area contributed by atoms with Crippen molar-refractivity contribution < 1.29 is 4.74 Å². The summed E-state index contributed by atoms with van der Waals surface area (Å²) in [6.07, 6.45) is 4.33. The van der Waals surface area contributed by atoms with Crippen LogP contribution in [-0.2, 0) is 11.3 Å². The molecule has 4 nitrogen and oxygen atoms in total. The maximum Gasteiger partial charge on any atom is 0.102 e. The average Bonchev–Trinajstić information content (AvgIpc) is 2.75. The third kappa shape index (κ3) is 2.35. The maximum atomic E-state index is 9.38. The van der Waals surface area contributed by atoms with Gasteiger partial charge in [-0.1, -0.05) is 6.07 Å². The number of hydrogen-bond donors (Lipinski definition) is 0. The first-order valence-corrected chi connectivity index (χ1v) is 6.60. The van der Waals surface area contributed by atoms with Crippen LogP contribution in [0.5, 0.6) is 0 Å². The Kier molecular flexibility index (Phi) is 3.24. The van der Waals surface area contributed by atoms with Crippen LogP contribution in [0.3, 0.4) is 0 Å². The van der Waals surface area contributed by atoms with E-state index in [9.17, 15) is 5.26 Å². The number of nitriles is 1. The second-order valence-corrected chi connectivity index (χ2v) is 5.05. The molecule has 1 aliphatic heterocycles. The summed E-state index contributed by atoms with van der Waals surface area (Å²) in [5, 5.41) is 9.38. The van der Waals surface area contributed by atoms with Gasteiger partial charge in [0.2, 0.25) is 0 Å². The van der Waals surface area contributed by atoms with Crippen LogP contribution in [0.4, 0.5) is 0 Å². The number of nitrogens with zero attached hydrogens (tertiary/aromatic N) is 3. The van der Waals surface area contributed by atoms with Crippen LogP contribution in [0.25, 0.3) is 5.52 Å². The molecule has 2 aromatic rings. The molecule has 0 N–H and O–H groups in total. The first-order valence-electron chi connectivity index (χ1n) is 6.60. The molecule has 0 amide bonds. The molecule has 2 aromatic heterocycles. The summed E-state index contributed by atoms with van der Waals surface area (Å²) in [6.45, 7) is 5.54. The van der Waals surface area contributed by atoms with Gasteiger partial charge < -0.3 is 9.14 Å². The number of fused-ring (bicyclic) bond motifs is 1. The number of rotatable bonds is 2. The predicted octanol–water partition coefficient (Wildman–Crippen LogP) is 2.03. The molecule has 0 unspecified atom stereocenters. The Morgan fingerprint density at radius 1 is 1.47 bits per heavy atom. The molecule has 19 heavy (non-hydrogen) atoms. The van der Waals surface area contributed by atoms with Crippen molar-refractivity contribution in [2.24, 2.45) is 0 Å². The Balaban J connectivity index is 1.90. The van der Waals surface area contributed by atoms with Crippen molar-refractivity contribution in [1.82, 2.24) is 9.30 Å². The second-order valence-electron chi connectivity index (χ2n) is 5.05. The van der Waals surface area contributed by atoms with Crippen molar-refractivity contribution in [3.05, 3.63) is 41.7 Å². The Bertz CT molecular complexity index is 626. The lowest BCUT2D eigenvalue weighted by atomic mass is 10.1. The van der Waals surface area contributed by atoms with Crippen LogP contribution in [0.2, 0.25) is 0 Å². The molecule has 3 rings (SSSR count). The smallest absolute Gasteiger partial charge is 0.102 e. The highest BCUT2D eigenvalue weighted by Crippen LogP contribution is 2.20. The number of pyridine rings is 1. The fourth-order valence-corrected chi connectivity index (χ4v) is 2.70. The van der Waals surface area contributed by atoms with Crippen LogP contribution in [0, 0.1) is 11.3 Å². The molecule has 1 saturated heterocycles. The summed E-state index contributed by atoms with van der Waals surface area (Å²) in [5.74, 6) is 0. The minimum absolute atomic E-state index is 0.274. The highest BCUT2D eigenvalue weighted by atomic mass is 16.5. The largest absolute Gasteiger partial charge is 0.376 e. The Morgan fingerprint density at radius 2 is 2.37 bits per heavy atom. The minimum atomic E-state index is 0.274. The first kappa shape index (κ1) is 12.2. The second kappa shape index (κ2) is 5.04. The van der Waals surface area contributed by atoms with Crippen molar-refractivity contribution in [3.8, 4) is 6.07 Å². The lowest BCUT2D eigenvalue weighted by Gasteiger charge is -2.30. The lowest BCUT2D eigenvalue weighted by molar-refractivity contribution is -0.0212. The highest BCUT2D eigenvalue weighted by molar-refractivity contribution is 5.65. The van der Waals surface area contributed by atoms with Gasteiger partial charge in [0.05, 0.1) is 23.8 Å². The van der Waals surface area contributed by atoms with Gasteiger partial charge >= 0.3 is 0 Å². The maximum absolute atomic E-state index is 9.38. The summed E-state index contributed by atoms with van der Waals surface area (Å²) in [4.78, 5) is 2.35. The minimum Gasteiger partial charge on any atom is -0.376 e. The Hall–Kier alpha value is -1.83. The zero-order valence-electron chi connectivity index (χ0n) is 11.0. The van der Waals surface area contributed by atoms with Crippen molar-refractivity contribution >= 4 is 5.52 Å². The molecule has 0 saturated carbocycles. The molecule has 4 heteroatoms. The van der Waals surface area contributed by atoms with E-state index in [-0.39, 0.29) is 6.10 Å². The normalized spacial score (nSPS) is 20.5. The Morgan fingerprint density at radius 3 is 3.16 bits per heavy atom. The molecular formula is C15H17N3O. The quantitative estimate of drug-likeness (QED) is 0.824. The van der Waals surface area contributed by atoms with Crippen molar-refractivity contribution in [2.45, 2.75) is 19.6 Å². The summed E-state index contributed by atoms with van der Waals surface area (Å²) in [7, 11) is 0. The molecule has 1 aliphatic rings. The standard InChI is InChI=1S/C15H17N3O/c1-12-9-17(6-7-19-12)10-13-11-18-5-3-2-4-15(18)14(13)8-16/h2-5,11-12H,6-7,9-10H2,1H3/t12-/m0/s1. The zero-order chi connectivity index (χ0) is 13.2. The van der Waals surface area contributed by atoms with Crippen molar-refractivity contribution in [1.29, 1.82) is 5.26 Å². The summed E-state index contributed by atoms with van der Waals surface area (Å²) in [5.41, 5.74) is 2.88. The number of hydrogen-bond acceptors (Lipinski definition) is 3. The summed E-state index contributed by atoms with van der Waals surface area (Å²) < 4.78 is 7.57. The monoisotopic (exact) mass is 255 g/mol. The van der Waals surface area contributed by atoms with E-state index in [2.05, 4.69) is 24.1 Å². The van der Waals surface area contributed by atoms with E-state index < -0.39 is 0 Å². The van der Waals surface area contributed by atoms with Gasteiger partial charge in [-0.25, -0.2) is 0 Å². The number of aromatic nitrogens is 1. The van der Waals surface area contributed by atoms with Gasteiger partial charge in [-0.3, -0.25) is 4.90 Å². The molecule has 1 atom stereocenters. The molecule has 1 fully saturated rings. The number of ether oxygens (including phenoxy) is 1. The average molecular weight is 255 g/mol. The van der Waals surface area contributed by atoms with Crippen molar-refractivity contribution in [2.75, 3.05) is 19.7 Å². The molecule has 0 radical (unpaired) electrons. The SMILES string of the molecule is C[C@H]1CN(Cc2cn3ccccc3c2C#N)CCO1. The molecule has 0 bridgehead atoms. The highest BCUT2D eigenvalue weighted by Gasteiger charge is 2.19. The van der Waals surface area contributed by atoms with E-state index in [1.165, 1.54) is 0 Å². The molecular weight excluding hydrogens is 238 g/mol. The van der Waals surface area contributed by atoms with E-state index in [1.54, 1.807) is 0 Å². The van der Waals surface area contributed by atoms with Crippen LogP contribution < -0.4 is 0 Å². The molecule has 0 aromatic carbocycles. The van der Waals surface area contributed by atoms with Crippen LogP contribution in [0.1, 0.15) is 18.1 Å². The fourth-order valence-electron chi connectivity index (χ4n) is 2.70. The predicted molar refractivity (Wildman–Crippen MR) is 72.8 cm³/mol. The lowest BCUT2D eigenvalue weighted by Crippen LogP contribution is -2.40. The van der Waals surface area contributed by atoms with Gasteiger partial charge in [0.15, 0.2) is 0 Å². The third-order valence-corrected chi connectivity index (χ3v) is 3.59. The van der Waals surface area contributed by atoms with E-state index in [0.717, 1.165) is 42.9 Å². The van der Waals surface area contributed by atoms with Gasteiger partial charge in [-0.05, 0) is 19.1 Å². The van der Waals surface area contributed by atoms with E-state index in [1.807, 2.05) is 28.8 Å². The van der Waals surface area contributed by atoms with Gasteiger partial charge in [-0.15, -0.1) is 0 Å². The molecule has 3 heterocycles. The zero-order valence-corrected chi connectivity index (χ0v) is 11.0. The molecule has 98 valence electrons. The van der Waals surface area contributed by atoms with Gasteiger partial charge in [0, 0.05) is 37.6 Å². The van der Waals surface area contributed by atoms with Crippen LogP contribution in [0.15, 0.2) is 30.6 Å². The summed E-state index contributed by atoms with van der Waals surface area (Å²) in [6, 6.07) is 8.28. The molecule has 0 spiro atoms. The fraction of sp³-hybridized carbons (Fsp3) is 0.400. The van der Waals surface area contributed by atoms with Gasteiger partial charge in [-0.2, -0.15) is 5.26 Å². The van der Waals surface area contributed by atoms with Gasteiger partial charge in [0.25, 0.3) is 0 Å². The van der Waals surface area contributed by atoms with E-state index in [4.69, 9.17) is 4.74 Å².